The molecule has 0 spiro atoms. The fraction of sp³-hybridized carbons (Fsp3) is 0.269. The Kier molecular flexibility index (Phi) is 5.57. The van der Waals surface area contributed by atoms with Crippen LogP contribution in [-0.4, -0.2) is 53.2 Å². The first-order valence-electron chi connectivity index (χ1n) is 11.2. The third-order valence-electron chi connectivity index (χ3n) is 6.18. The Bertz CT molecular complexity index is 1210. The maximum atomic E-state index is 13.4. The lowest BCUT2D eigenvalue weighted by molar-refractivity contribution is -0.123. The van der Waals surface area contributed by atoms with Crippen LogP contribution in [0, 0.1) is 11.8 Å². The molecule has 3 aliphatic rings. The molecule has 5 rings (SSSR count). The molecule has 2 aromatic carbocycles. The number of nitrogens with zero attached hydrogens (tertiary/aromatic N) is 4. The fourth-order valence-corrected chi connectivity index (χ4v) is 4.62. The number of rotatable bonds is 4. The molecule has 0 aromatic heterocycles. The summed E-state index contributed by atoms with van der Waals surface area (Å²) in [5.41, 5.74) is 8.43. The minimum Gasteiger partial charge on any atom is -0.383 e. The number of amidine groups is 1. The standard InChI is InChI=1S/C26H26N6O/c1-31-25(33)22(23(27)29-19-13-6-3-7-14-19)24(28-17-9-12-18-10-4-2-5-11-18)32-21-16-8-15-20(21)30-26(31)32/h2-7,10-11,13-14,20-21,28H,8,15-17H2,1H3,(H2,27,29). The zero-order valence-corrected chi connectivity index (χ0v) is 18.5. The number of likely N-dealkylation sites (N-methyl/N-ethyl adjacent to an activating group) is 1. The Morgan fingerprint density at radius 2 is 1.88 bits per heavy atom. The van der Waals surface area contributed by atoms with Crippen molar-refractivity contribution in [3.05, 3.63) is 77.6 Å². The van der Waals surface area contributed by atoms with E-state index in [2.05, 4.69) is 27.0 Å². The number of carbonyl (C=O) groups excluding carboxylic acids is 1. The van der Waals surface area contributed by atoms with Crippen molar-refractivity contribution in [3.8, 4) is 11.8 Å². The highest BCUT2D eigenvalue weighted by Crippen LogP contribution is 2.37. The van der Waals surface area contributed by atoms with Crippen LogP contribution in [0.4, 0.5) is 5.69 Å². The Hall–Kier alpha value is -4.05. The van der Waals surface area contributed by atoms with Crippen LogP contribution in [0.3, 0.4) is 0 Å². The number of hydrogen-bond donors (Lipinski definition) is 2. The maximum absolute atomic E-state index is 13.4. The van der Waals surface area contributed by atoms with Crippen molar-refractivity contribution in [2.24, 2.45) is 15.7 Å². The Morgan fingerprint density at radius 3 is 2.64 bits per heavy atom. The number of aliphatic imine (C=N–C) groups is 2. The van der Waals surface area contributed by atoms with Gasteiger partial charge in [0.05, 0.1) is 24.3 Å². The van der Waals surface area contributed by atoms with Gasteiger partial charge in [0.15, 0.2) is 0 Å². The van der Waals surface area contributed by atoms with Gasteiger partial charge in [0, 0.05) is 12.6 Å². The van der Waals surface area contributed by atoms with Crippen LogP contribution >= 0.6 is 0 Å². The van der Waals surface area contributed by atoms with E-state index in [0.29, 0.717) is 29.6 Å². The number of carbonyl (C=O) groups is 1. The van der Waals surface area contributed by atoms with Crippen molar-refractivity contribution < 1.29 is 4.79 Å². The number of nitrogens with two attached hydrogens (primary N) is 1. The number of nitrogens with one attached hydrogen (secondary N) is 1. The van der Waals surface area contributed by atoms with E-state index in [1.807, 2.05) is 60.7 Å². The molecule has 2 aromatic rings. The molecule has 1 fully saturated rings. The third-order valence-corrected chi connectivity index (χ3v) is 6.18. The summed E-state index contributed by atoms with van der Waals surface area (Å²) < 4.78 is 0. The number of fused-ring (bicyclic) bond motifs is 3. The summed E-state index contributed by atoms with van der Waals surface area (Å²) in [6, 6.07) is 19.6. The molecule has 3 N–H and O–H groups in total. The molecule has 0 bridgehead atoms. The van der Waals surface area contributed by atoms with Crippen LogP contribution < -0.4 is 11.1 Å². The molecule has 2 unspecified atom stereocenters. The molecule has 0 saturated heterocycles. The van der Waals surface area contributed by atoms with Crippen LogP contribution in [0.25, 0.3) is 0 Å². The van der Waals surface area contributed by atoms with Crippen molar-refractivity contribution in [3.63, 3.8) is 0 Å². The normalized spacial score (nSPS) is 21.9. The predicted octanol–water partition coefficient (Wildman–Crippen LogP) is 2.59. The van der Waals surface area contributed by atoms with Gasteiger partial charge in [-0.1, -0.05) is 48.2 Å². The van der Waals surface area contributed by atoms with E-state index in [1.54, 1.807) is 11.9 Å². The van der Waals surface area contributed by atoms with Gasteiger partial charge in [-0.2, -0.15) is 0 Å². The van der Waals surface area contributed by atoms with Crippen LogP contribution in [0.5, 0.6) is 0 Å². The SMILES string of the molecule is CN1C(=O)C(C(N)=Nc2ccccc2)=C(NCC#Cc2ccccc2)N2C1=NC1CCCC12. The summed E-state index contributed by atoms with van der Waals surface area (Å²) in [4.78, 5) is 26.5. The maximum Gasteiger partial charge on any atom is 0.267 e. The minimum atomic E-state index is -0.222. The second kappa shape index (κ2) is 8.83. The van der Waals surface area contributed by atoms with Crippen LogP contribution in [0.1, 0.15) is 24.8 Å². The first kappa shape index (κ1) is 20.8. The number of guanidine groups is 1. The van der Waals surface area contributed by atoms with Gasteiger partial charge in [0.1, 0.15) is 17.2 Å². The smallest absolute Gasteiger partial charge is 0.267 e. The predicted molar refractivity (Wildman–Crippen MR) is 130 cm³/mol. The first-order valence-corrected chi connectivity index (χ1v) is 11.2. The molecule has 166 valence electrons. The molecular weight excluding hydrogens is 412 g/mol. The third kappa shape index (κ3) is 3.96. The van der Waals surface area contributed by atoms with Crippen LogP contribution in [0.15, 0.2) is 82.0 Å². The van der Waals surface area contributed by atoms with Gasteiger partial charge in [-0.25, -0.2) is 9.98 Å². The van der Waals surface area contributed by atoms with E-state index in [4.69, 9.17) is 10.7 Å². The van der Waals surface area contributed by atoms with Gasteiger partial charge in [0.2, 0.25) is 5.96 Å². The van der Waals surface area contributed by atoms with E-state index >= 15 is 0 Å². The molecule has 2 aliphatic heterocycles. The van der Waals surface area contributed by atoms with Crippen molar-refractivity contribution in [1.82, 2.24) is 15.1 Å². The molecule has 2 atom stereocenters. The summed E-state index contributed by atoms with van der Waals surface area (Å²) in [7, 11) is 1.75. The van der Waals surface area contributed by atoms with E-state index in [0.717, 1.165) is 24.8 Å². The Labute approximate surface area is 193 Å². The van der Waals surface area contributed by atoms with Crippen molar-refractivity contribution in [2.45, 2.75) is 31.3 Å². The molecule has 7 nitrogen and oxygen atoms in total. The summed E-state index contributed by atoms with van der Waals surface area (Å²) in [5, 5.41) is 3.39. The zero-order valence-electron chi connectivity index (χ0n) is 18.5. The highest BCUT2D eigenvalue weighted by molar-refractivity contribution is 6.26. The fourth-order valence-electron chi connectivity index (χ4n) is 4.62. The first-order chi connectivity index (χ1) is 16.1. The molecule has 7 heteroatoms. The molecule has 1 amide bonds. The zero-order chi connectivity index (χ0) is 22.8. The van der Waals surface area contributed by atoms with Gasteiger partial charge >= 0.3 is 0 Å². The second-order valence-electron chi connectivity index (χ2n) is 8.31. The summed E-state index contributed by atoms with van der Waals surface area (Å²) >= 11 is 0. The number of hydrogen-bond acceptors (Lipinski definition) is 5. The number of amides is 1. The lowest BCUT2D eigenvalue weighted by atomic mass is 10.1. The van der Waals surface area contributed by atoms with Gasteiger partial charge in [-0.05, 0) is 43.5 Å². The average molecular weight is 439 g/mol. The second-order valence-corrected chi connectivity index (χ2v) is 8.31. The van der Waals surface area contributed by atoms with E-state index in [1.165, 1.54) is 0 Å². The Morgan fingerprint density at radius 1 is 1.15 bits per heavy atom. The van der Waals surface area contributed by atoms with Gasteiger partial charge in [-0.3, -0.25) is 14.6 Å². The van der Waals surface area contributed by atoms with E-state index < -0.39 is 0 Å². The van der Waals surface area contributed by atoms with Crippen LogP contribution in [-0.2, 0) is 4.79 Å². The summed E-state index contributed by atoms with van der Waals surface area (Å²) in [6.07, 6.45) is 3.16. The van der Waals surface area contributed by atoms with Crippen molar-refractivity contribution in [1.29, 1.82) is 0 Å². The largest absolute Gasteiger partial charge is 0.383 e. The van der Waals surface area contributed by atoms with Gasteiger partial charge in [-0.15, -0.1) is 0 Å². The molecule has 33 heavy (non-hydrogen) atoms. The quantitative estimate of drug-likeness (QED) is 0.437. The van der Waals surface area contributed by atoms with E-state index in [9.17, 15) is 4.79 Å². The molecule has 2 heterocycles. The lowest BCUT2D eigenvalue weighted by Crippen LogP contribution is -2.56. The molecular formula is C26H26N6O. The van der Waals surface area contributed by atoms with Crippen LogP contribution in [0.2, 0.25) is 0 Å². The average Bonchev–Trinajstić information content (AvgIpc) is 3.43. The van der Waals surface area contributed by atoms with Crippen molar-refractivity contribution >= 4 is 23.4 Å². The van der Waals surface area contributed by atoms with E-state index in [-0.39, 0.29) is 23.8 Å². The minimum absolute atomic E-state index is 0.178. The van der Waals surface area contributed by atoms with Gasteiger partial charge < -0.3 is 11.1 Å². The highest BCUT2D eigenvalue weighted by atomic mass is 16.2. The number of para-hydroxylation sites is 1. The summed E-state index contributed by atoms with van der Waals surface area (Å²) in [5.74, 6) is 7.58. The topological polar surface area (TPSA) is 86.3 Å². The van der Waals surface area contributed by atoms with Gasteiger partial charge in [0.25, 0.3) is 5.91 Å². The molecule has 1 aliphatic carbocycles. The monoisotopic (exact) mass is 438 g/mol. The molecule has 1 saturated carbocycles. The summed E-state index contributed by atoms with van der Waals surface area (Å²) in [6.45, 7) is 0.366. The van der Waals surface area contributed by atoms with Crippen molar-refractivity contribution in [2.75, 3.05) is 13.6 Å². The highest BCUT2D eigenvalue weighted by Gasteiger charge is 2.48. The lowest BCUT2D eigenvalue weighted by Gasteiger charge is -2.38. The Balaban J connectivity index is 1.53. The molecule has 0 radical (unpaired) electrons. The number of benzene rings is 2.